The van der Waals surface area contributed by atoms with Gasteiger partial charge in [0.2, 0.25) is 0 Å². The van der Waals surface area contributed by atoms with E-state index in [0.29, 0.717) is 11.3 Å². The molecule has 0 aromatic carbocycles. The van der Waals surface area contributed by atoms with Crippen molar-refractivity contribution in [3.05, 3.63) is 27.2 Å². The summed E-state index contributed by atoms with van der Waals surface area (Å²) in [6.07, 6.45) is 0. The number of nitrogens with zero attached hydrogens (tertiary/aromatic N) is 3. The Morgan fingerprint density at radius 1 is 1.69 bits per heavy atom. The van der Waals surface area contributed by atoms with E-state index in [9.17, 15) is 0 Å². The number of rotatable bonds is 2. The lowest BCUT2D eigenvalue weighted by Gasteiger charge is -1.99. The molecule has 0 radical (unpaired) electrons. The maximum atomic E-state index is 5.07. The molecule has 6 heteroatoms. The summed E-state index contributed by atoms with van der Waals surface area (Å²) in [5.74, 6) is 0.887. The Morgan fingerprint density at radius 3 is 3.08 bits per heavy atom. The molecule has 0 bridgehead atoms. The highest BCUT2D eigenvalue weighted by Gasteiger charge is 2.02. The van der Waals surface area contributed by atoms with Crippen LogP contribution in [0.15, 0.2) is 10.9 Å². The summed E-state index contributed by atoms with van der Waals surface area (Å²) >= 11 is 6.65. The lowest BCUT2D eigenvalue weighted by atomic mass is 10.5. The molecule has 0 saturated carbocycles. The molecule has 0 aliphatic carbocycles. The molecule has 0 atom stereocenters. The van der Waals surface area contributed by atoms with Gasteiger partial charge in [0.25, 0.3) is 0 Å². The topological polar surface area (TPSA) is 46.5 Å². The summed E-state index contributed by atoms with van der Waals surface area (Å²) in [6.45, 7) is 2.61. The molecule has 2 heterocycles. The third kappa shape index (κ3) is 1.68. The number of nitrogens with one attached hydrogen (secondary N) is 1. The summed E-state index contributed by atoms with van der Waals surface area (Å²) < 4.78 is 2.57. The van der Waals surface area contributed by atoms with E-state index in [-0.39, 0.29) is 0 Å². The Kier molecular flexibility index (Phi) is 2.24. The zero-order valence-electron chi connectivity index (χ0n) is 7.02. The van der Waals surface area contributed by atoms with Gasteiger partial charge in [0, 0.05) is 5.38 Å². The second kappa shape index (κ2) is 3.39. The number of thiazole rings is 1. The Bertz CT molecular complexity index is 439. The molecule has 2 aromatic heterocycles. The fourth-order valence-corrected chi connectivity index (χ4v) is 1.85. The third-order valence-corrected chi connectivity index (χ3v) is 2.70. The Labute approximate surface area is 84.3 Å². The van der Waals surface area contributed by atoms with E-state index in [1.807, 2.05) is 22.4 Å². The summed E-state index contributed by atoms with van der Waals surface area (Å²) in [5, 5.41) is 8.77. The van der Waals surface area contributed by atoms with Crippen molar-refractivity contribution in [1.29, 1.82) is 0 Å². The molecule has 0 aliphatic rings. The molecule has 13 heavy (non-hydrogen) atoms. The average Bonchev–Trinajstić information content (AvgIpc) is 2.70. The SMILES string of the molecule is Cc1n[nH]c(=S)n1Cc1cscn1. The molecular formula is C7H8N4S2. The highest BCUT2D eigenvalue weighted by Crippen LogP contribution is 2.05. The second-order valence-corrected chi connectivity index (χ2v) is 3.75. The standard InChI is InChI=1S/C7H8N4S2/c1-5-9-10-7(12)11(5)2-6-3-13-4-8-6/h3-4H,2H2,1H3,(H,10,12). The van der Waals surface area contributed by atoms with Crippen molar-refractivity contribution in [2.75, 3.05) is 0 Å². The van der Waals surface area contributed by atoms with Crippen molar-refractivity contribution in [2.24, 2.45) is 0 Å². The molecule has 0 spiro atoms. The summed E-state index contributed by atoms with van der Waals surface area (Å²) in [5.41, 5.74) is 2.83. The van der Waals surface area contributed by atoms with Gasteiger partial charge < -0.3 is 0 Å². The molecule has 0 unspecified atom stereocenters. The summed E-state index contributed by atoms with van der Waals surface area (Å²) in [6, 6.07) is 0. The number of hydrogen-bond donors (Lipinski definition) is 1. The lowest BCUT2D eigenvalue weighted by molar-refractivity contribution is 0.736. The number of aryl methyl sites for hydroxylation is 1. The van der Waals surface area contributed by atoms with Crippen LogP contribution < -0.4 is 0 Å². The van der Waals surface area contributed by atoms with E-state index in [4.69, 9.17) is 12.2 Å². The normalized spacial score (nSPS) is 10.5. The van der Waals surface area contributed by atoms with Crippen molar-refractivity contribution in [1.82, 2.24) is 19.7 Å². The van der Waals surface area contributed by atoms with Crippen LogP contribution in [0.3, 0.4) is 0 Å². The highest BCUT2D eigenvalue weighted by atomic mass is 32.1. The zero-order chi connectivity index (χ0) is 9.26. The Balaban J connectivity index is 2.33. The van der Waals surface area contributed by atoms with Gasteiger partial charge in [0.1, 0.15) is 5.82 Å². The molecular weight excluding hydrogens is 204 g/mol. The minimum absolute atomic E-state index is 0.644. The number of hydrogen-bond acceptors (Lipinski definition) is 4. The minimum Gasteiger partial charge on any atom is -0.298 e. The largest absolute Gasteiger partial charge is 0.298 e. The van der Waals surface area contributed by atoms with E-state index in [2.05, 4.69) is 15.2 Å². The average molecular weight is 212 g/mol. The van der Waals surface area contributed by atoms with Crippen LogP contribution in [0.5, 0.6) is 0 Å². The van der Waals surface area contributed by atoms with Crippen LogP contribution in [0.1, 0.15) is 11.5 Å². The van der Waals surface area contributed by atoms with Crippen LogP contribution in [0.2, 0.25) is 0 Å². The van der Waals surface area contributed by atoms with Crippen LogP contribution in [-0.2, 0) is 6.54 Å². The number of H-pyrrole nitrogens is 1. The van der Waals surface area contributed by atoms with Crippen molar-refractivity contribution >= 4 is 23.6 Å². The van der Waals surface area contributed by atoms with E-state index >= 15 is 0 Å². The molecule has 68 valence electrons. The molecule has 0 amide bonds. The van der Waals surface area contributed by atoms with Gasteiger partial charge >= 0.3 is 0 Å². The molecule has 2 rings (SSSR count). The maximum Gasteiger partial charge on any atom is 0.195 e. The van der Waals surface area contributed by atoms with Crippen LogP contribution >= 0.6 is 23.6 Å². The van der Waals surface area contributed by atoms with Crippen molar-refractivity contribution in [2.45, 2.75) is 13.5 Å². The van der Waals surface area contributed by atoms with E-state index in [0.717, 1.165) is 11.5 Å². The van der Waals surface area contributed by atoms with Gasteiger partial charge in [-0.15, -0.1) is 11.3 Å². The van der Waals surface area contributed by atoms with Gasteiger partial charge in [0.05, 0.1) is 17.7 Å². The van der Waals surface area contributed by atoms with Gasteiger partial charge in [-0.1, -0.05) is 0 Å². The van der Waals surface area contributed by atoms with Crippen LogP contribution in [-0.4, -0.2) is 19.7 Å². The van der Waals surface area contributed by atoms with Crippen molar-refractivity contribution in [3.63, 3.8) is 0 Å². The molecule has 0 aliphatic heterocycles. The Morgan fingerprint density at radius 2 is 2.54 bits per heavy atom. The first-order valence-corrected chi connectivity index (χ1v) is 5.11. The fourth-order valence-electron chi connectivity index (χ4n) is 1.06. The fraction of sp³-hybridized carbons (Fsp3) is 0.286. The third-order valence-electron chi connectivity index (χ3n) is 1.75. The Hall–Kier alpha value is -1.01. The number of aromatic amines is 1. The maximum absolute atomic E-state index is 5.07. The van der Waals surface area contributed by atoms with Gasteiger partial charge in [-0.05, 0) is 19.1 Å². The highest BCUT2D eigenvalue weighted by molar-refractivity contribution is 7.71. The van der Waals surface area contributed by atoms with Crippen molar-refractivity contribution < 1.29 is 0 Å². The van der Waals surface area contributed by atoms with Gasteiger partial charge in [-0.3, -0.25) is 9.67 Å². The smallest absolute Gasteiger partial charge is 0.195 e. The van der Waals surface area contributed by atoms with Crippen LogP contribution in [0.4, 0.5) is 0 Å². The number of aromatic nitrogens is 4. The monoisotopic (exact) mass is 212 g/mol. The summed E-state index contributed by atoms with van der Waals surface area (Å²) in [4.78, 5) is 4.18. The van der Waals surface area contributed by atoms with Gasteiger partial charge in [0.15, 0.2) is 4.77 Å². The molecule has 4 nitrogen and oxygen atoms in total. The molecule has 0 saturated heterocycles. The zero-order valence-corrected chi connectivity index (χ0v) is 8.65. The first kappa shape index (κ1) is 8.58. The van der Waals surface area contributed by atoms with E-state index < -0.39 is 0 Å². The summed E-state index contributed by atoms with van der Waals surface area (Å²) in [7, 11) is 0. The quantitative estimate of drug-likeness (QED) is 0.771. The van der Waals surface area contributed by atoms with Crippen molar-refractivity contribution in [3.8, 4) is 0 Å². The lowest BCUT2D eigenvalue weighted by Crippen LogP contribution is -2.02. The predicted molar refractivity (Wildman–Crippen MR) is 53.4 cm³/mol. The predicted octanol–water partition coefficient (Wildman–Crippen LogP) is 1.75. The van der Waals surface area contributed by atoms with E-state index in [1.54, 1.807) is 11.3 Å². The minimum atomic E-state index is 0.644. The molecule has 0 fully saturated rings. The first-order chi connectivity index (χ1) is 6.27. The molecule has 1 N–H and O–H groups in total. The van der Waals surface area contributed by atoms with Crippen LogP contribution in [0, 0.1) is 11.7 Å². The van der Waals surface area contributed by atoms with Gasteiger partial charge in [-0.2, -0.15) is 5.10 Å². The second-order valence-electron chi connectivity index (χ2n) is 2.64. The molecule has 2 aromatic rings. The van der Waals surface area contributed by atoms with E-state index in [1.165, 1.54) is 0 Å². The first-order valence-electron chi connectivity index (χ1n) is 3.76. The van der Waals surface area contributed by atoms with Crippen LogP contribution in [0.25, 0.3) is 0 Å². The van der Waals surface area contributed by atoms with Gasteiger partial charge in [-0.25, -0.2) is 4.98 Å².